The Morgan fingerprint density at radius 1 is 0.966 bits per heavy atom. The van der Waals surface area contributed by atoms with Crippen LogP contribution in [0.5, 0.6) is 0 Å². The van der Waals surface area contributed by atoms with Crippen molar-refractivity contribution < 1.29 is 18.1 Å². The Balaban J connectivity index is 3.26. The lowest BCUT2D eigenvalue weighted by molar-refractivity contribution is -0.140. The number of hydrogen-bond acceptors (Lipinski definition) is 4. The Labute approximate surface area is 183 Å². The third kappa shape index (κ3) is 7.47. The minimum atomic E-state index is -2.25. The Hall–Kier alpha value is -0.176. The molecular weight excluding hydrogens is 396 g/mol. The van der Waals surface area contributed by atoms with Crippen LogP contribution in [-0.4, -0.2) is 36.8 Å². The molecule has 4 nitrogen and oxygen atoms in total. The van der Waals surface area contributed by atoms with Gasteiger partial charge in [0.2, 0.25) is 0 Å². The van der Waals surface area contributed by atoms with Crippen LogP contribution in [0.15, 0.2) is 0 Å². The molecule has 6 heteroatoms. The molecule has 0 aromatic heterocycles. The van der Waals surface area contributed by atoms with Crippen LogP contribution in [0.3, 0.4) is 0 Å². The van der Waals surface area contributed by atoms with Gasteiger partial charge in [0.05, 0.1) is 0 Å². The zero-order valence-electron chi connectivity index (χ0n) is 20.4. The standard InChI is InChI=1S/C23H47O4Si2/c1-9-23(8,28(25-10-2)26-11-3)22(24)27-29(17-19(4)5,18-20(6)7)21-15-13-12-14-16-21/h19-21H,9-18H2,1-8H3. The Morgan fingerprint density at radius 2 is 1.45 bits per heavy atom. The van der Waals surface area contributed by atoms with Gasteiger partial charge in [0.15, 0.2) is 0 Å². The van der Waals surface area contributed by atoms with Crippen molar-refractivity contribution in [2.75, 3.05) is 13.2 Å². The summed E-state index contributed by atoms with van der Waals surface area (Å²) in [6, 6.07) is 2.15. The van der Waals surface area contributed by atoms with Gasteiger partial charge in [-0.25, -0.2) is 0 Å². The van der Waals surface area contributed by atoms with E-state index in [2.05, 4.69) is 34.6 Å². The summed E-state index contributed by atoms with van der Waals surface area (Å²) in [5, 5.41) is -0.669. The lowest BCUT2D eigenvalue weighted by Crippen LogP contribution is -2.52. The van der Waals surface area contributed by atoms with Crippen molar-refractivity contribution in [1.29, 1.82) is 0 Å². The zero-order chi connectivity index (χ0) is 22.1. The molecule has 0 N–H and O–H groups in total. The molecule has 0 aromatic carbocycles. The molecule has 171 valence electrons. The monoisotopic (exact) mass is 443 g/mol. The first-order valence-corrected chi connectivity index (χ1v) is 15.7. The molecule has 29 heavy (non-hydrogen) atoms. The van der Waals surface area contributed by atoms with Crippen molar-refractivity contribution in [2.24, 2.45) is 11.8 Å². The van der Waals surface area contributed by atoms with Gasteiger partial charge in [0.25, 0.3) is 14.3 Å². The highest BCUT2D eigenvalue weighted by atomic mass is 28.4. The molecule has 1 atom stereocenters. The first-order chi connectivity index (χ1) is 13.6. The van der Waals surface area contributed by atoms with Gasteiger partial charge < -0.3 is 13.3 Å². The van der Waals surface area contributed by atoms with Gasteiger partial charge in [-0.3, -0.25) is 4.79 Å². The molecule has 1 unspecified atom stereocenters. The summed E-state index contributed by atoms with van der Waals surface area (Å²) >= 11 is 0. The molecular formula is C23H47O4Si2. The second-order valence-corrected chi connectivity index (χ2v) is 16.0. The maximum Gasteiger partial charge on any atom is 0.402 e. The third-order valence-corrected chi connectivity index (χ3v) is 14.5. The number of carbonyl (C=O) groups is 1. The minimum absolute atomic E-state index is 0.0469. The second-order valence-electron chi connectivity index (χ2n) is 9.82. The summed E-state index contributed by atoms with van der Waals surface area (Å²) in [4.78, 5) is 13.8. The maximum absolute atomic E-state index is 13.8. The van der Waals surface area contributed by atoms with E-state index in [1.165, 1.54) is 32.1 Å². The smallest absolute Gasteiger partial charge is 0.402 e. The first kappa shape index (κ1) is 26.9. The van der Waals surface area contributed by atoms with Crippen molar-refractivity contribution in [3.8, 4) is 0 Å². The maximum atomic E-state index is 13.8. The van der Waals surface area contributed by atoms with Crippen molar-refractivity contribution in [3.63, 3.8) is 0 Å². The highest BCUT2D eigenvalue weighted by Gasteiger charge is 2.53. The summed E-state index contributed by atoms with van der Waals surface area (Å²) in [5.74, 6) is 1.05. The van der Waals surface area contributed by atoms with E-state index in [0.717, 1.165) is 12.1 Å². The number of hydrogen-bond donors (Lipinski definition) is 0. The summed E-state index contributed by atoms with van der Waals surface area (Å²) in [6.07, 6.45) is 7.05. The van der Waals surface area contributed by atoms with Gasteiger partial charge in [-0.15, -0.1) is 0 Å². The molecule has 0 aromatic rings. The van der Waals surface area contributed by atoms with Gasteiger partial charge in [-0.05, 0) is 69.5 Å². The highest BCUT2D eigenvalue weighted by Crippen LogP contribution is 2.47. The zero-order valence-corrected chi connectivity index (χ0v) is 22.4. The Morgan fingerprint density at radius 3 is 1.83 bits per heavy atom. The van der Waals surface area contributed by atoms with Crippen LogP contribution < -0.4 is 0 Å². The number of carbonyl (C=O) groups excluding carboxylic acids is 1. The molecule has 0 amide bonds. The SMILES string of the molecule is CCO[Si](OCC)C(C)(CC)C(=O)O[Si](CC(C)C)(CC(C)C)C1CCCCC1. The van der Waals surface area contributed by atoms with E-state index in [1.807, 2.05) is 20.8 Å². The molecule has 0 heterocycles. The van der Waals surface area contributed by atoms with E-state index in [0.29, 0.717) is 37.0 Å². The second kappa shape index (κ2) is 12.6. The van der Waals surface area contributed by atoms with Crippen molar-refractivity contribution >= 4 is 23.6 Å². The average molecular weight is 444 g/mol. The van der Waals surface area contributed by atoms with Crippen molar-refractivity contribution in [1.82, 2.24) is 0 Å². The summed E-state index contributed by atoms with van der Waals surface area (Å²) in [5.41, 5.74) is 0.598. The largest absolute Gasteiger partial charge is 0.518 e. The van der Waals surface area contributed by atoms with Crippen LogP contribution in [0, 0.1) is 11.8 Å². The molecule has 0 bridgehead atoms. The molecule has 1 radical (unpaired) electrons. The highest BCUT2D eigenvalue weighted by molar-refractivity contribution is 6.77. The van der Waals surface area contributed by atoms with Crippen LogP contribution in [0.2, 0.25) is 22.7 Å². The van der Waals surface area contributed by atoms with E-state index < -0.39 is 22.6 Å². The topological polar surface area (TPSA) is 44.8 Å². The van der Waals surface area contributed by atoms with E-state index in [4.69, 9.17) is 13.3 Å². The number of rotatable bonds is 13. The Kier molecular flexibility index (Phi) is 11.7. The minimum Gasteiger partial charge on any atom is -0.518 e. The fourth-order valence-electron chi connectivity index (χ4n) is 4.89. The van der Waals surface area contributed by atoms with Gasteiger partial charge in [0.1, 0.15) is 5.04 Å². The summed E-state index contributed by atoms with van der Waals surface area (Å²) in [7, 11) is -3.99. The molecule has 1 aliphatic carbocycles. The predicted octanol–water partition coefficient (Wildman–Crippen LogP) is 6.85. The van der Waals surface area contributed by atoms with Crippen LogP contribution in [0.4, 0.5) is 0 Å². The van der Waals surface area contributed by atoms with Gasteiger partial charge in [-0.1, -0.05) is 53.9 Å². The first-order valence-electron chi connectivity index (χ1n) is 12.0. The van der Waals surface area contributed by atoms with E-state index >= 15 is 0 Å². The van der Waals surface area contributed by atoms with Crippen molar-refractivity contribution in [2.45, 2.75) is 117 Å². The molecule has 0 spiro atoms. The summed E-state index contributed by atoms with van der Waals surface area (Å²) in [6.45, 7) is 18.3. The average Bonchev–Trinajstić information content (AvgIpc) is 2.66. The predicted molar refractivity (Wildman–Crippen MR) is 126 cm³/mol. The fraction of sp³-hybridized carbons (Fsp3) is 0.957. The third-order valence-electron chi connectivity index (χ3n) is 6.31. The van der Waals surface area contributed by atoms with E-state index in [1.54, 1.807) is 0 Å². The molecule has 1 rings (SSSR count). The van der Waals surface area contributed by atoms with Gasteiger partial charge in [-0.2, -0.15) is 0 Å². The molecule has 1 aliphatic rings. The van der Waals surface area contributed by atoms with Crippen LogP contribution in [0.25, 0.3) is 0 Å². The van der Waals surface area contributed by atoms with Crippen LogP contribution in [0.1, 0.15) is 93.9 Å². The van der Waals surface area contributed by atoms with Gasteiger partial charge in [0, 0.05) is 13.2 Å². The lowest BCUT2D eigenvalue weighted by Gasteiger charge is -2.44. The van der Waals surface area contributed by atoms with E-state index in [9.17, 15) is 4.79 Å². The molecule has 1 saturated carbocycles. The quantitative estimate of drug-likeness (QED) is 0.292. The van der Waals surface area contributed by atoms with Gasteiger partial charge >= 0.3 is 9.28 Å². The van der Waals surface area contributed by atoms with Crippen LogP contribution >= 0.6 is 0 Å². The van der Waals surface area contributed by atoms with Crippen molar-refractivity contribution in [3.05, 3.63) is 0 Å². The molecule has 0 saturated heterocycles. The fourth-order valence-corrected chi connectivity index (χ4v) is 12.7. The van der Waals surface area contributed by atoms with E-state index in [-0.39, 0.29) is 5.97 Å². The lowest BCUT2D eigenvalue weighted by atomic mass is 10.0. The summed E-state index contributed by atoms with van der Waals surface area (Å²) < 4.78 is 18.7. The normalized spacial score (nSPS) is 18.4. The molecule has 0 aliphatic heterocycles. The Bertz CT molecular complexity index is 461. The van der Waals surface area contributed by atoms with Crippen LogP contribution in [-0.2, 0) is 18.1 Å². The molecule has 1 fully saturated rings.